The molecule has 4 rings (SSSR count). The fourth-order valence-electron chi connectivity index (χ4n) is 5.43. The van der Waals surface area contributed by atoms with Crippen LogP contribution in [-0.4, -0.2) is 59.5 Å². The van der Waals surface area contributed by atoms with Gasteiger partial charge in [0.15, 0.2) is 6.10 Å². The smallest absolute Gasteiger partial charge is 0.261 e. The molecule has 3 aliphatic rings. The highest BCUT2D eigenvalue weighted by Crippen LogP contribution is 2.46. The lowest BCUT2D eigenvalue weighted by atomic mass is 9.90. The Hall–Kier alpha value is -2.45. The summed E-state index contributed by atoms with van der Waals surface area (Å²) in [6.07, 6.45) is 5.67. The summed E-state index contributed by atoms with van der Waals surface area (Å²) in [5.41, 5.74) is 0.795. The van der Waals surface area contributed by atoms with Gasteiger partial charge in [-0.05, 0) is 43.4 Å². The van der Waals surface area contributed by atoms with Crippen molar-refractivity contribution >= 4 is 17.7 Å². The number of hydrogen-bond acceptors (Lipinski definition) is 6. The normalized spacial score (nSPS) is 26.2. The van der Waals surface area contributed by atoms with Crippen molar-refractivity contribution < 1.29 is 24.0 Å². The van der Waals surface area contributed by atoms with Gasteiger partial charge in [0.1, 0.15) is 12.3 Å². The highest BCUT2D eigenvalue weighted by Gasteiger charge is 2.61. The molecule has 180 valence electrons. The second-order valence-corrected chi connectivity index (χ2v) is 9.27. The Morgan fingerprint density at radius 1 is 1.15 bits per heavy atom. The second-order valence-electron chi connectivity index (χ2n) is 9.27. The summed E-state index contributed by atoms with van der Waals surface area (Å²) >= 11 is 0. The summed E-state index contributed by atoms with van der Waals surface area (Å²) in [7, 11) is 1.59. The number of nitrogens with zero attached hydrogens (tertiary/aromatic N) is 2. The predicted octanol–water partition coefficient (Wildman–Crippen LogP) is 2.97. The fourth-order valence-corrected chi connectivity index (χ4v) is 5.43. The molecule has 0 radical (unpaired) electrons. The number of benzene rings is 1. The van der Waals surface area contributed by atoms with E-state index in [9.17, 15) is 14.4 Å². The van der Waals surface area contributed by atoms with Crippen LogP contribution in [0, 0.1) is 5.92 Å². The summed E-state index contributed by atoms with van der Waals surface area (Å²) in [4.78, 5) is 47.2. The molecule has 1 aliphatic carbocycles. The van der Waals surface area contributed by atoms with Crippen LogP contribution >= 0.6 is 0 Å². The molecule has 1 aromatic carbocycles. The summed E-state index contributed by atoms with van der Waals surface area (Å²) in [6, 6.07) is 6.92. The lowest BCUT2D eigenvalue weighted by Crippen LogP contribution is -2.46. The third-order valence-electron chi connectivity index (χ3n) is 7.25. The van der Waals surface area contributed by atoms with Crippen molar-refractivity contribution in [3.8, 4) is 5.75 Å². The van der Waals surface area contributed by atoms with Gasteiger partial charge in [0.25, 0.3) is 5.91 Å². The van der Waals surface area contributed by atoms with E-state index in [0.717, 1.165) is 50.5 Å². The molecule has 3 unspecified atom stereocenters. The van der Waals surface area contributed by atoms with Gasteiger partial charge in [0, 0.05) is 12.1 Å². The van der Waals surface area contributed by atoms with Crippen LogP contribution in [0.3, 0.4) is 0 Å². The predicted molar refractivity (Wildman–Crippen MR) is 122 cm³/mol. The third-order valence-corrected chi connectivity index (χ3v) is 7.25. The van der Waals surface area contributed by atoms with Crippen LogP contribution < -0.4 is 10.1 Å². The Kier molecular flexibility index (Phi) is 7.34. The first-order chi connectivity index (χ1) is 16.0. The van der Waals surface area contributed by atoms with Gasteiger partial charge in [0.05, 0.1) is 19.1 Å². The molecule has 1 N–H and O–H groups in total. The number of amides is 3. The summed E-state index contributed by atoms with van der Waals surface area (Å²) in [6.45, 7) is 4.01. The van der Waals surface area contributed by atoms with E-state index in [-0.39, 0.29) is 36.3 Å². The summed E-state index contributed by atoms with van der Waals surface area (Å²) in [5, 5.41) is 4.54. The largest absolute Gasteiger partial charge is 0.497 e. The van der Waals surface area contributed by atoms with E-state index in [1.54, 1.807) is 7.11 Å². The molecule has 2 heterocycles. The molecular weight excluding hydrogens is 422 g/mol. The van der Waals surface area contributed by atoms with Crippen LogP contribution in [0.25, 0.3) is 0 Å². The summed E-state index contributed by atoms with van der Waals surface area (Å²) in [5.74, 6) is -0.660. The first-order valence-electron chi connectivity index (χ1n) is 12.2. The molecule has 2 saturated heterocycles. The maximum atomic E-state index is 13.6. The lowest BCUT2D eigenvalue weighted by Gasteiger charge is -2.32. The molecule has 33 heavy (non-hydrogen) atoms. The van der Waals surface area contributed by atoms with E-state index in [1.165, 1.54) is 9.96 Å². The number of methoxy groups -OCH3 is 1. The molecule has 3 fully saturated rings. The number of nitrogens with one attached hydrogen (secondary N) is 1. The lowest BCUT2D eigenvalue weighted by molar-refractivity contribution is -0.184. The average molecular weight is 458 g/mol. The van der Waals surface area contributed by atoms with Gasteiger partial charge in [-0.1, -0.05) is 45.2 Å². The number of carbonyl (C=O) groups excluding carboxylic acids is 3. The fraction of sp³-hybridized carbons (Fsp3) is 0.640. The first-order valence-corrected chi connectivity index (χ1v) is 12.2. The average Bonchev–Trinajstić information content (AvgIpc) is 3.32. The van der Waals surface area contributed by atoms with Crippen molar-refractivity contribution in [1.82, 2.24) is 15.3 Å². The molecule has 8 nitrogen and oxygen atoms in total. The minimum atomic E-state index is -0.892. The van der Waals surface area contributed by atoms with E-state index in [0.29, 0.717) is 5.75 Å². The zero-order chi connectivity index (χ0) is 23.5. The van der Waals surface area contributed by atoms with Gasteiger partial charge in [0.2, 0.25) is 11.8 Å². The highest BCUT2D eigenvalue weighted by atomic mass is 16.7. The Bertz CT molecular complexity index is 881. The van der Waals surface area contributed by atoms with Crippen LogP contribution in [0.4, 0.5) is 0 Å². The molecule has 0 bridgehead atoms. The van der Waals surface area contributed by atoms with Crippen molar-refractivity contribution in [3.63, 3.8) is 0 Å². The van der Waals surface area contributed by atoms with Crippen LogP contribution in [-0.2, 0) is 19.2 Å². The molecule has 1 saturated carbocycles. The van der Waals surface area contributed by atoms with Gasteiger partial charge in [-0.25, -0.2) is 0 Å². The molecule has 0 aromatic heterocycles. The standard InChI is InChI=1S/C25H35N3O5/c1-4-17(5-2)26-20(29)15-27-22(16-10-9-13-19(14-16)32-3)21-23(33-27)25(31)28(24(21)30)18-11-7-6-8-12-18/h9-10,13-14,17-18,21-23H,4-8,11-12,15H2,1-3H3,(H,26,29). The first kappa shape index (κ1) is 23.7. The molecule has 2 aliphatic heterocycles. The number of fused-ring (bicyclic) bond motifs is 1. The third kappa shape index (κ3) is 4.64. The number of imide groups is 1. The molecule has 3 atom stereocenters. The molecule has 3 amide bonds. The monoisotopic (exact) mass is 457 g/mol. The number of hydrogen-bond donors (Lipinski definition) is 1. The SMILES string of the molecule is CCC(CC)NC(=O)CN1OC2C(=O)N(C3CCCCC3)C(=O)C2C1c1cccc(OC)c1. The second kappa shape index (κ2) is 10.2. The van der Waals surface area contributed by atoms with E-state index in [2.05, 4.69) is 5.32 Å². The molecule has 0 spiro atoms. The molecular formula is C25H35N3O5. The van der Waals surface area contributed by atoms with E-state index < -0.39 is 18.1 Å². The van der Waals surface area contributed by atoms with Crippen LogP contribution in [0.5, 0.6) is 5.75 Å². The topological polar surface area (TPSA) is 88.2 Å². The van der Waals surface area contributed by atoms with Crippen LogP contribution in [0.15, 0.2) is 24.3 Å². The van der Waals surface area contributed by atoms with Crippen LogP contribution in [0.2, 0.25) is 0 Å². The zero-order valence-corrected chi connectivity index (χ0v) is 19.8. The maximum Gasteiger partial charge on any atom is 0.261 e. The van der Waals surface area contributed by atoms with Gasteiger partial charge in [-0.3, -0.25) is 24.1 Å². The molecule has 8 heteroatoms. The van der Waals surface area contributed by atoms with Crippen molar-refractivity contribution in [3.05, 3.63) is 29.8 Å². The summed E-state index contributed by atoms with van der Waals surface area (Å²) < 4.78 is 5.39. The van der Waals surface area contributed by atoms with Crippen molar-refractivity contribution in [2.75, 3.05) is 13.7 Å². The Morgan fingerprint density at radius 3 is 2.55 bits per heavy atom. The molecule has 1 aromatic rings. The van der Waals surface area contributed by atoms with Crippen molar-refractivity contribution in [2.45, 2.75) is 83.0 Å². The number of carbonyl (C=O) groups is 3. The van der Waals surface area contributed by atoms with E-state index in [4.69, 9.17) is 9.57 Å². The van der Waals surface area contributed by atoms with Crippen molar-refractivity contribution in [2.24, 2.45) is 5.92 Å². The quantitative estimate of drug-likeness (QED) is 0.604. The highest BCUT2D eigenvalue weighted by molar-refractivity contribution is 6.07. The van der Waals surface area contributed by atoms with Gasteiger partial charge in [-0.15, -0.1) is 0 Å². The Balaban J connectivity index is 1.62. The Labute approximate surface area is 195 Å². The van der Waals surface area contributed by atoms with E-state index >= 15 is 0 Å². The number of hydroxylamine groups is 2. The number of ether oxygens (including phenoxy) is 1. The number of likely N-dealkylation sites (tertiary alicyclic amines) is 1. The maximum absolute atomic E-state index is 13.6. The van der Waals surface area contributed by atoms with Crippen molar-refractivity contribution in [1.29, 1.82) is 0 Å². The van der Waals surface area contributed by atoms with E-state index in [1.807, 2.05) is 38.1 Å². The van der Waals surface area contributed by atoms with Crippen LogP contribution in [0.1, 0.15) is 70.4 Å². The minimum Gasteiger partial charge on any atom is -0.497 e. The zero-order valence-electron chi connectivity index (χ0n) is 19.8. The van der Waals surface area contributed by atoms with Gasteiger partial charge >= 0.3 is 0 Å². The number of rotatable bonds is 8. The Morgan fingerprint density at radius 2 is 1.88 bits per heavy atom. The van der Waals surface area contributed by atoms with Gasteiger partial charge in [-0.2, -0.15) is 5.06 Å². The minimum absolute atomic E-state index is 0.0463. The van der Waals surface area contributed by atoms with Gasteiger partial charge < -0.3 is 10.1 Å².